The van der Waals surface area contributed by atoms with E-state index < -0.39 is 9.84 Å². The summed E-state index contributed by atoms with van der Waals surface area (Å²) in [7, 11) is -1.54. The molecule has 2 heterocycles. The van der Waals surface area contributed by atoms with Crippen molar-refractivity contribution in [2.75, 3.05) is 6.26 Å². The zero-order valence-electron chi connectivity index (χ0n) is 11.7. The molecule has 0 atom stereocenters. The van der Waals surface area contributed by atoms with E-state index in [1.54, 1.807) is 30.2 Å². The summed E-state index contributed by atoms with van der Waals surface area (Å²) < 4.78 is 29.8. The fourth-order valence-electron chi connectivity index (χ4n) is 1.89. The molecule has 3 rings (SSSR count). The monoisotopic (exact) mass is 338 g/mol. The van der Waals surface area contributed by atoms with Gasteiger partial charge in [-0.1, -0.05) is 16.8 Å². The van der Waals surface area contributed by atoms with E-state index in [2.05, 4.69) is 15.2 Å². The van der Waals surface area contributed by atoms with Crippen LogP contribution < -0.4 is 0 Å². The molecule has 0 saturated carbocycles. The Bertz CT molecular complexity index is 946. The van der Waals surface area contributed by atoms with E-state index in [9.17, 15) is 8.42 Å². The zero-order chi connectivity index (χ0) is 15.9. The molecule has 0 aliphatic rings. The quantitative estimate of drug-likeness (QED) is 0.727. The third kappa shape index (κ3) is 2.75. The van der Waals surface area contributed by atoms with Crippen LogP contribution in [-0.2, 0) is 16.9 Å². The molecular weight excluding hydrogens is 328 g/mol. The Labute approximate surface area is 131 Å². The summed E-state index contributed by atoms with van der Waals surface area (Å²) in [6, 6.07) is 4.35. The average molecular weight is 339 g/mol. The summed E-state index contributed by atoms with van der Waals surface area (Å²) in [6.45, 7) is 0. The molecule has 0 fully saturated rings. The van der Waals surface area contributed by atoms with Crippen LogP contribution in [0.2, 0.25) is 5.02 Å². The lowest BCUT2D eigenvalue weighted by atomic mass is 10.2. The molecule has 3 aromatic rings. The molecule has 0 unspecified atom stereocenters. The van der Waals surface area contributed by atoms with E-state index in [0.29, 0.717) is 17.0 Å². The van der Waals surface area contributed by atoms with Crippen LogP contribution in [0.15, 0.2) is 40.0 Å². The molecule has 0 radical (unpaired) electrons. The Hall–Kier alpha value is -2.19. The van der Waals surface area contributed by atoms with Gasteiger partial charge in [-0.15, -0.1) is 0 Å². The van der Waals surface area contributed by atoms with Gasteiger partial charge in [-0.25, -0.2) is 8.42 Å². The molecule has 9 heteroatoms. The van der Waals surface area contributed by atoms with Crippen LogP contribution in [0.1, 0.15) is 0 Å². The number of sulfone groups is 1. The second kappa shape index (κ2) is 5.22. The molecule has 0 bridgehead atoms. The predicted molar refractivity (Wildman–Crippen MR) is 80.1 cm³/mol. The molecule has 1 aromatic carbocycles. The van der Waals surface area contributed by atoms with Crippen LogP contribution in [0.4, 0.5) is 0 Å². The van der Waals surface area contributed by atoms with Gasteiger partial charge in [0.05, 0.1) is 27.2 Å². The first-order valence-electron chi connectivity index (χ1n) is 6.17. The fraction of sp³-hybridized carbons (Fsp3) is 0.154. The topological polar surface area (TPSA) is 90.9 Å². The maximum absolute atomic E-state index is 11.5. The lowest BCUT2D eigenvalue weighted by Gasteiger charge is -2.02. The summed E-state index contributed by atoms with van der Waals surface area (Å²) in [5.74, 6) is 0.593. The number of nitrogens with zero attached hydrogens (tertiary/aromatic N) is 4. The van der Waals surface area contributed by atoms with Crippen molar-refractivity contribution in [1.82, 2.24) is 19.9 Å². The fourth-order valence-corrected chi connectivity index (χ4v) is 2.86. The second-order valence-electron chi connectivity index (χ2n) is 4.74. The zero-order valence-corrected chi connectivity index (χ0v) is 13.3. The van der Waals surface area contributed by atoms with Crippen molar-refractivity contribution in [1.29, 1.82) is 0 Å². The minimum atomic E-state index is -3.32. The molecule has 114 valence electrons. The van der Waals surface area contributed by atoms with Crippen molar-refractivity contribution in [2.45, 2.75) is 4.90 Å². The molecule has 0 spiro atoms. The number of halogens is 1. The standard InChI is InChI=1S/C13H11ClN4O3S/c1-18-7-8(6-15-18)12-16-13(21-17-12)10-4-3-9(5-11(10)14)22(2,19)20/h3-7H,1-2H3. The number of aryl methyl sites for hydroxylation is 1. The van der Waals surface area contributed by atoms with E-state index in [-0.39, 0.29) is 15.8 Å². The van der Waals surface area contributed by atoms with Crippen molar-refractivity contribution in [2.24, 2.45) is 7.05 Å². The largest absolute Gasteiger partial charge is 0.334 e. The van der Waals surface area contributed by atoms with Gasteiger partial charge in [0.1, 0.15) is 0 Å². The maximum atomic E-state index is 11.5. The third-order valence-electron chi connectivity index (χ3n) is 2.99. The summed E-state index contributed by atoms with van der Waals surface area (Å²) in [6.07, 6.45) is 4.48. The Balaban J connectivity index is 2.00. The second-order valence-corrected chi connectivity index (χ2v) is 7.16. The highest BCUT2D eigenvalue weighted by Crippen LogP contribution is 2.30. The van der Waals surface area contributed by atoms with Crippen molar-refractivity contribution >= 4 is 21.4 Å². The van der Waals surface area contributed by atoms with Crippen LogP contribution in [0.5, 0.6) is 0 Å². The normalized spacial score (nSPS) is 11.8. The Morgan fingerprint density at radius 1 is 1.32 bits per heavy atom. The first kappa shape index (κ1) is 14.7. The lowest BCUT2D eigenvalue weighted by molar-refractivity contribution is 0.432. The molecule has 0 saturated heterocycles. The molecule has 0 aliphatic carbocycles. The highest BCUT2D eigenvalue weighted by atomic mass is 35.5. The summed E-state index contributed by atoms with van der Waals surface area (Å²) >= 11 is 6.12. The van der Waals surface area contributed by atoms with Gasteiger partial charge in [0, 0.05) is 19.5 Å². The van der Waals surface area contributed by atoms with E-state index in [1.807, 2.05) is 0 Å². The first-order chi connectivity index (χ1) is 10.3. The molecule has 7 nitrogen and oxygen atoms in total. The van der Waals surface area contributed by atoms with E-state index in [0.717, 1.165) is 6.26 Å². The first-order valence-corrected chi connectivity index (χ1v) is 8.44. The Morgan fingerprint density at radius 2 is 2.09 bits per heavy atom. The number of hydrogen-bond acceptors (Lipinski definition) is 6. The van der Waals surface area contributed by atoms with Crippen LogP contribution in [0, 0.1) is 0 Å². The summed E-state index contributed by atoms with van der Waals surface area (Å²) in [5.41, 5.74) is 1.18. The van der Waals surface area contributed by atoms with Crippen molar-refractivity contribution in [3.8, 4) is 22.8 Å². The minimum Gasteiger partial charge on any atom is -0.334 e. The Morgan fingerprint density at radius 3 is 2.68 bits per heavy atom. The van der Waals surface area contributed by atoms with E-state index >= 15 is 0 Å². The number of rotatable bonds is 3. The van der Waals surface area contributed by atoms with Gasteiger partial charge in [0.2, 0.25) is 5.82 Å². The van der Waals surface area contributed by atoms with E-state index in [1.165, 1.54) is 12.1 Å². The van der Waals surface area contributed by atoms with Crippen LogP contribution >= 0.6 is 11.6 Å². The maximum Gasteiger partial charge on any atom is 0.259 e. The highest BCUT2D eigenvalue weighted by Gasteiger charge is 2.16. The predicted octanol–water partition coefficient (Wildman–Crippen LogP) is 2.19. The third-order valence-corrected chi connectivity index (χ3v) is 4.41. The lowest BCUT2D eigenvalue weighted by Crippen LogP contribution is -1.97. The highest BCUT2D eigenvalue weighted by molar-refractivity contribution is 7.90. The SMILES string of the molecule is Cn1cc(-c2noc(-c3ccc(S(C)(=O)=O)cc3Cl)n2)cn1. The average Bonchev–Trinajstić information content (AvgIpc) is 3.06. The van der Waals surface area contributed by atoms with Gasteiger partial charge in [-0.3, -0.25) is 4.68 Å². The molecule has 0 amide bonds. The van der Waals surface area contributed by atoms with Crippen molar-refractivity contribution in [3.05, 3.63) is 35.6 Å². The molecular formula is C13H11ClN4O3S. The number of hydrogen-bond donors (Lipinski definition) is 0. The molecule has 0 N–H and O–H groups in total. The Kier molecular flexibility index (Phi) is 3.50. The van der Waals surface area contributed by atoms with Crippen molar-refractivity contribution in [3.63, 3.8) is 0 Å². The van der Waals surface area contributed by atoms with Crippen LogP contribution in [0.25, 0.3) is 22.8 Å². The summed E-state index contributed by atoms with van der Waals surface area (Å²) in [5, 5.41) is 8.13. The van der Waals surface area contributed by atoms with Crippen molar-refractivity contribution < 1.29 is 12.9 Å². The van der Waals surface area contributed by atoms with Gasteiger partial charge < -0.3 is 4.52 Å². The van der Waals surface area contributed by atoms with Crippen LogP contribution in [0.3, 0.4) is 0 Å². The molecule has 0 aliphatic heterocycles. The van der Waals surface area contributed by atoms with E-state index in [4.69, 9.17) is 16.1 Å². The molecule has 22 heavy (non-hydrogen) atoms. The smallest absolute Gasteiger partial charge is 0.259 e. The molecule has 2 aromatic heterocycles. The summed E-state index contributed by atoms with van der Waals surface area (Å²) in [4.78, 5) is 4.38. The van der Waals surface area contributed by atoms with Gasteiger partial charge in [0.15, 0.2) is 9.84 Å². The van der Waals surface area contributed by atoms with Gasteiger partial charge in [-0.05, 0) is 18.2 Å². The number of benzene rings is 1. The number of aromatic nitrogens is 4. The van der Waals surface area contributed by atoms with Gasteiger partial charge in [0.25, 0.3) is 5.89 Å². The van der Waals surface area contributed by atoms with Crippen LogP contribution in [-0.4, -0.2) is 34.6 Å². The van der Waals surface area contributed by atoms with Gasteiger partial charge >= 0.3 is 0 Å². The minimum absolute atomic E-state index is 0.133. The van der Waals surface area contributed by atoms with Gasteiger partial charge in [-0.2, -0.15) is 10.1 Å².